The van der Waals surface area contributed by atoms with E-state index in [1.165, 1.54) is 22.5 Å². The number of thiophene rings is 1. The van der Waals surface area contributed by atoms with E-state index in [9.17, 15) is 4.79 Å². The Morgan fingerprint density at radius 2 is 2.17 bits per heavy atom. The monoisotopic (exact) mass is 176 g/mol. The summed E-state index contributed by atoms with van der Waals surface area (Å²) in [6, 6.07) is 4.02. The van der Waals surface area contributed by atoms with Gasteiger partial charge in [-0.25, -0.2) is 4.79 Å². The van der Waals surface area contributed by atoms with Gasteiger partial charge in [-0.2, -0.15) is 0 Å². The minimum absolute atomic E-state index is 0.464. The quantitative estimate of drug-likeness (QED) is 0.618. The molecule has 0 unspecified atom stereocenters. The maximum atomic E-state index is 10.7. The van der Waals surface area contributed by atoms with E-state index in [2.05, 4.69) is 6.07 Å². The Kier molecular flexibility index (Phi) is 0.875. The SMILES string of the molecule is O=C(O)c1scc2c3cc-3cc12. The number of rotatable bonds is 1. The lowest BCUT2D eigenvalue weighted by molar-refractivity contribution is 0.0704. The average molecular weight is 176 g/mol. The summed E-state index contributed by atoms with van der Waals surface area (Å²) >= 11 is 1.31. The molecule has 3 heteroatoms. The molecule has 2 aliphatic rings. The lowest BCUT2D eigenvalue weighted by Crippen LogP contribution is -1.90. The topological polar surface area (TPSA) is 37.3 Å². The highest BCUT2D eigenvalue weighted by molar-refractivity contribution is 7.13. The predicted molar refractivity (Wildman–Crippen MR) is 47.8 cm³/mol. The van der Waals surface area contributed by atoms with Crippen molar-refractivity contribution in [3.05, 3.63) is 22.4 Å². The Bertz CT molecular complexity index is 510. The van der Waals surface area contributed by atoms with Gasteiger partial charge < -0.3 is 5.11 Å². The summed E-state index contributed by atoms with van der Waals surface area (Å²) < 4.78 is 0. The lowest BCUT2D eigenvalue weighted by Gasteiger charge is -1.84. The van der Waals surface area contributed by atoms with Crippen LogP contribution >= 0.6 is 11.3 Å². The fourth-order valence-corrected chi connectivity index (χ4v) is 2.40. The molecule has 0 aliphatic heterocycles. The molecule has 0 spiro atoms. The number of carbonyl (C=O) groups is 1. The van der Waals surface area contributed by atoms with Crippen molar-refractivity contribution in [2.24, 2.45) is 0 Å². The first-order valence-electron chi connectivity index (χ1n) is 3.56. The van der Waals surface area contributed by atoms with Crippen LogP contribution in [-0.4, -0.2) is 11.1 Å². The number of hydrogen-bond acceptors (Lipinski definition) is 2. The van der Waals surface area contributed by atoms with Crippen LogP contribution in [0.1, 0.15) is 9.67 Å². The first-order chi connectivity index (χ1) is 5.77. The van der Waals surface area contributed by atoms with Gasteiger partial charge in [0.05, 0.1) is 0 Å². The maximum Gasteiger partial charge on any atom is 0.346 e. The zero-order valence-electron chi connectivity index (χ0n) is 6.00. The maximum absolute atomic E-state index is 10.7. The summed E-state index contributed by atoms with van der Waals surface area (Å²) in [5, 5.41) is 12.7. The van der Waals surface area contributed by atoms with Gasteiger partial charge in [0.2, 0.25) is 0 Å². The molecule has 1 heterocycles. The molecule has 0 saturated carbocycles. The number of benzene rings is 1. The highest BCUT2D eigenvalue weighted by Crippen LogP contribution is 2.46. The molecule has 0 aromatic carbocycles. The third kappa shape index (κ3) is 0.576. The van der Waals surface area contributed by atoms with Gasteiger partial charge in [-0.15, -0.1) is 11.3 Å². The first-order valence-corrected chi connectivity index (χ1v) is 4.44. The van der Waals surface area contributed by atoms with Crippen LogP contribution in [0.15, 0.2) is 17.5 Å². The van der Waals surface area contributed by atoms with Crippen molar-refractivity contribution < 1.29 is 9.90 Å². The highest BCUT2D eigenvalue weighted by Gasteiger charge is 2.22. The van der Waals surface area contributed by atoms with Crippen LogP contribution in [0.3, 0.4) is 0 Å². The van der Waals surface area contributed by atoms with Gasteiger partial charge in [-0.1, -0.05) is 0 Å². The lowest BCUT2D eigenvalue weighted by atomic mass is 10.3. The molecular formula is C9H4O2S. The second kappa shape index (κ2) is 1.69. The van der Waals surface area contributed by atoms with Crippen LogP contribution in [0, 0.1) is 0 Å². The second-order valence-electron chi connectivity index (χ2n) is 2.86. The molecule has 0 radical (unpaired) electrons. The molecule has 1 N–H and O–H groups in total. The molecule has 2 nitrogen and oxygen atoms in total. The van der Waals surface area contributed by atoms with Gasteiger partial charge in [0.25, 0.3) is 0 Å². The van der Waals surface area contributed by atoms with Crippen LogP contribution in [0.25, 0.3) is 21.9 Å². The summed E-state index contributed by atoms with van der Waals surface area (Å²) in [4.78, 5) is 11.2. The highest BCUT2D eigenvalue weighted by atomic mass is 32.1. The van der Waals surface area contributed by atoms with Crippen LogP contribution in [0.2, 0.25) is 0 Å². The fraction of sp³-hybridized carbons (Fsp3) is 0. The predicted octanol–water partition coefficient (Wildman–Crippen LogP) is 2.58. The fourth-order valence-electron chi connectivity index (χ4n) is 1.51. The minimum Gasteiger partial charge on any atom is -0.477 e. The van der Waals surface area contributed by atoms with Gasteiger partial charge >= 0.3 is 5.97 Å². The van der Waals surface area contributed by atoms with E-state index in [4.69, 9.17) is 5.11 Å². The molecule has 3 rings (SSSR count). The molecule has 12 heavy (non-hydrogen) atoms. The van der Waals surface area contributed by atoms with Crippen molar-refractivity contribution in [2.45, 2.75) is 0 Å². The number of carboxylic acid groups (broad SMARTS) is 1. The van der Waals surface area contributed by atoms with Gasteiger partial charge in [-0.05, 0) is 23.3 Å². The molecular weight excluding hydrogens is 172 g/mol. The van der Waals surface area contributed by atoms with Gasteiger partial charge in [0, 0.05) is 16.2 Å². The Morgan fingerprint density at radius 1 is 1.33 bits per heavy atom. The zero-order chi connectivity index (χ0) is 8.29. The van der Waals surface area contributed by atoms with E-state index in [1.807, 2.05) is 11.4 Å². The smallest absolute Gasteiger partial charge is 0.346 e. The summed E-state index contributed by atoms with van der Waals surface area (Å²) in [5.74, 6) is -0.819. The van der Waals surface area contributed by atoms with E-state index in [0.29, 0.717) is 4.88 Å². The van der Waals surface area contributed by atoms with Crippen molar-refractivity contribution in [3.63, 3.8) is 0 Å². The van der Waals surface area contributed by atoms with E-state index >= 15 is 0 Å². The Labute approximate surface area is 72.1 Å². The zero-order valence-corrected chi connectivity index (χ0v) is 6.81. The summed E-state index contributed by atoms with van der Waals surface area (Å²) in [6.07, 6.45) is 0. The van der Waals surface area contributed by atoms with Crippen molar-refractivity contribution in [1.29, 1.82) is 0 Å². The third-order valence-electron chi connectivity index (χ3n) is 2.14. The molecule has 0 atom stereocenters. The van der Waals surface area contributed by atoms with Crippen LogP contribution in [0.4, 0.5) is 0 Å². The third-order valence-corrected chi connectivity index (χ3v) is 3.12. The molecule has 58 valence electrons. The van der Waals surface area contributed by atoms with Crippen molar-refractivity contribution in [3.8, 4) is 11.1 Å². The Hall–Kier alpha value is -1.35. The summed E-state index contributed by atoms with van der Waals surface area (Å²) in [6.45, 7) is 0. The molecule has 0 saturated heterocycles. The van der Waals surface area contributed by atoms with Crippen molar-refractivity contribution >= 4 is 28.1 Å². The van der Waals surface area contributed by atoms with Crippen LogP contribution in [-0.2, 0) is 0 Å². The molecule has 0 amide bonds. The number of aromatic carboxylic acids is 1. The Balaban J connectivity index is 2.43. The van der Waals surface area contributed by atoms with E-state index < -0.39 is 5.97 Å². The standard InChI is InChI=1S/C9H4O2S/c10-9(11)8-6-2-4-1-5(4)7(6)3-12-8/h1-3H,(H,10,11). The van der Waals surface area contributed by atoms with E-state index in [-0.39, 0.29) is 0 Å². The molecule has 2 aliphatic carbocycles. The van der Waals surface area contributed by atoms with Gasteiger partial charge in [0.1, 0.15) is 4.88 Å². The number of fused-ring (bicyclic) bond motifs is 3. The largest absolute Gasteiger partial charge is 0.477 e. The first kappa shape index (κ1) is 6.20. The Morgan fingerprint density at radius 3 is 2.92 bits per heavy atom. The average Bonchev–Trinajstić information content (AvgIpc) is 2.54. The normalized spacial score (nSPS) is 12.0. The summed E-state index contributed by atoms with van der Waals surface area (Å²) in [5.41, 5.74) is 2.43. The van der Waals surface area contributed by atoms with Crippen molar-refractivity contribution in [1.82, 2.24) is 0 Å². The second-order valence-corrected chi connectivity index (χ2v) is 3.73. The van der Waals surface area contributed by atoms with Crippen LogP contribution in [0.5, 0.6) is 0 Å². The number of carboxylic acids is 1. The van der Waals surface area contributed by atoms with Gasteiger partial charge in [0.15, 0.2) is 0 Å². The summed E-state index contributed by atoms with van der Waals surface area (Å²) in [7, 11) is 0. The molecule has 1 aromatic heterocycles. The van der Waals surface area contributed by atoms with Crippen LogP contribution < -0.4 is 0 Å². The molecule has 1 aromatic rings. The van der Waals surface area contributed by atoms with Crippen molar-refractivity contribution in [2.75, 3.05) is 0 Å². The van der Waals surface area contributed by atoms with E-state index in [1.54, 1.807) is 0 Å². The minimum atomic E-state index is -0.819. The molecule has 0 bridgehead atoms. The number of hydrogen-bond donors (Lipinski definition) is 1. The van der Waals surface area contributed by atoms with Gasteiger partial charge in [-0.3, -0.25) is 0 Å². The van der Waals surface area contributed by atoms with E-state index in [0.717, 1.165) is 10.8 Å². The molecule has 0 fully saturated rings.